The van der Waals surface area contributed by atoms with Crippen molar-refractivity contribution in [3.63, 3.8) is 0 Å². The number of piperazine rings is 1. The van der Waals surface area contributed by atoms with Gasteiger partial charge in [-0.1, -0.05) is 23.4 Å². The number of thioether (sulfide) groups is 1. The van der Waals surface area contributed by atoms with Gasteiger partial charge < -0.3 is 24.6 Å². The molecule has 2 fully saturated rings. The zero-order valence-electron chi connectivity index (χ0n) is 17.1. The maximum Gasteiger partial charge on any atom is 0.409 e. The van der Waals surface area contributed by atoms with Crippen LogP contribution in [-0.4, -0.2) is 95.7 Å². The van der Waals surface area contributed by atoms with Gasteiger partial charge in [0.25, 0.3) is 0 Å². The van der Waals surface area contributed by atoms with Gasteiger partial charge in [0.2, 0.25) is 0 Å². The van der Waals surface area contributed by atoms with Crippen molar-refractivity contribution < 1.29 is 14.6 Å². The lowest BCUT2D eigenvalue weighted by Gasteiger charge is -2.36. The van der Waals surface area contributed by atoms with E-state index in [1.807, 2.05) is 6.07 Å². The van der Waals surface area contributed by atoms with Gasteiger partial charge in [0, 0.05) is 51.1 Å². The van der Waals surface area contributed by atoms with E-state index in [0.717, 1.165) is 72.5 Å². The molecule has 0 aliphatic carbocycles. The van der Waals surface area contributed by atoms with Crippen molar-refractivity contribution in [2.24, 2.45) is 0 Å². The van der Waals surface area contributed by atoms with Crippen LogP contribution in [-0.2, 0) is 4.74 Å². The van der Waals surface area contributed by atoms with Gasteiger partial charge >= 0.3 is 6.09 Å². The molecule has 2 saturated heterocycles. The lowest BCUT2D eigenvalue weighted by atomic mass is 10.1. The molecule has 2 aliphatic rings. The van der Waals surface area contributed by atoms with E-state index in [9.17, 15) is 4.79 Å². The molecule has 1 aromatic heterocycles. The summed E-state index contributed by atoms with van der Waals surface area (Å²) >= 11 is 8.33. The third-order valence-electron chi connectivity index (χ3n) is 5.81. The second-order valence-corrected chi connectivity index (χ2v) is 9.39. The molecule has 2 aromatic rings. The fourth-order valence-corrected chi connectivity index (χ4v) is 5.46. The fourth-order valence-electron chi connectivity index (χ4n) is 4.09. The molecule has 0 unspecified atom stereocenters. The summed E-state index contributed by atoms with van der Waals surface area (Å²) in [5.74, 6) is 0. The molecule has 0 radical (unpaired) electrons. The first kappa shape index (κ1) is 21.5. The van der Waals surface area contributed by atoms with Crippen molar-refractivity contribution in [2.45, 2.75) is 23.2 Å². The number of nitrogens with zero attached hydrogens (tertiary/aromatic N) is 4. The summed E-state index contributed by atoms with van der Waals surface area (Å²) < 4.78 is 4.80. The van der Waals surface area contributed by atoms with E-state index in [4.69, 9.17) is 26.4 Å². The van der Waals surface area contributed by atoms with Crippen molar-refractivity contribution in [3.8, 4) is 0 Å². The first-order chi connectivity index (χ1) is 14.6. The number of amides is 1. The van der Waals surface area contributed by atoms with Crippen molar-refractivity contribution in [3.05, 3.63) is 17.2 Å². The number of aliphatic hydroxyl groups excluding tert-OH is 1. The van der Waals surface area contributed by atoms with Gasteiger partial charge in [-0.15, -0.1) is 0 Å². The Morgan fingerprint density at radius 2 is 2.00 bits per heavy atom. The number of H-pyrrole nitrogens is 1. The van der Waals surface area contributed by atoms with Gasteiger partial charge in [0.15, 0.2) is 5.16 Å². The molecular weight excluding hydrogens is 426 g/mol. The number of carbonyl (C=O) groups excluding carboxylic acids is 1. The Morgan fingerprint density at radius 3 is 2.67 bits per heavy atom. The first-order valence-corrected chi connectivity index (χ1v) is 11.6. The number of halogens is 1. The second kappa shape index (κ2) is 9.64. The third kappa shape index (κ3) is 4.80. The van der Waals surface area contributed by atoms with E-state index in [1.54, 1.807) is 16.7 Å². The highest BCUT2D eigenvalue weighted by atomic mass is 35.5. The Bertz CT molecular complexity index is 879. The molecule has 0 saturated carbocycles. The smallest absolute Gasteiger partial charge is 0.409 e. The van der Waals surface area contributed by atoms with Gasteiger partial charge in [-0.3, -0.25) is 4.90 Å². The first-order valence-electron chi connectivity index (χ1n) is 10.3. The number of piperidine rings is 1. The van der Waals surface area contributed by atoms with E-state index in [1.165, 1.54) is 7.11 Å². The van der Waals surface area contributed by atoms with Crippen LogP contribution in [0.5, 0.6) is 0 Å². The quantitative estimate of drug-likeness (QED) is 0.719. The van der Waals surface area contributed by atoms with Crippen molar-refractivity contribution in [1.29, 1.82) is 0 Å². The number of aromatic nitrogens is 2. The molecule has 10 heteroatoms. The van der Waals surface area contributed by atoms with E-state index >= 15 is 0 Å². The SMILES string of the molecule is COC(=O)N1CCC(Sc2nc3cc(N4CCN(CCO)CC4)c(Cl)cc3[nH]2)CC1. The van der Waals surface area contributed by atoms with Crippen LogP contribution in [0.3, 0.4) is 0 Å². The molecule has 2 N–H and O–H groups in total. The largest absolute Gasteiger partial charge is 0.453 e. The Kier molecular flexibility index (Phi) is 6.92. The Balaban J connectivity index is 1.41. The molecular formula is C20H28ClN5O3S. The monoisotopic (exact) mass is 453 g/mol. The molecule has 164 valence electrons. The number of aromatic amines is 1. The van der Waals surface area contributed by atoms with Crippen LogP contribution in [0.25, 0.3) is 11.0 Å². The van der Waals surface area contributed by atoms with Gasteiger partial charge in [-0.25, -0.2) is 9.78 Å². The van der Waals surface area contributed by atoms with Gasteiger partial charge in [-0.05, 0) is 25.0 Å². The topological polar surface area (TPSA) is 84.9 Å². The zero-order valence-corrected chi connectivity index (χ0v) is 18.7. The molecule has 0 spiro atoms. The highest BCUT2D eigenvalue weighted by Crippen LogP contribution is 2.34. The number of benzene rings is 1. The summed E-state index contributed by atoms with van der Waals surface area (Å²) in [4.78, 5) is 26.1. The Hall–Kier alpha value is -1.68. The molecule has 30 heavy (non-hydrogen) atoms. The van der Waals surface area contributed by atoms with Crippen LogP contribution in [0.1, 0.15) is 12.8 Å². The van der Waals surface area contributed by atoms with Crippen LogP contribution in [0, 0.1) is 0 Å². The predicted molar refractivity (Wildman–Crippen MR) is 120 cm³/mol. The zero-order chi connectivity index (χ0) is 21.1. The molecule has 0 bridgehead atoms. The molecule has 1 amide bonds. The van der Waals surface area contributed by atoms with E-state index in [0.29, 0.717) is 18.3 Å². The third-order valence-corrected chi connectivity index (χ3v) is 7.34. The number of likely N-dealkylation sites (tertiary alicyclic amines) is 1. The molecule has 3 heterocycles. The summed E-state index contributed by atoms with van der Waals surface area (Å²) in [5, 5.41) is 11.2. The van der Waals surface area contributed by atoms with E-state index < -0.39 is 0 Å². The lowest BCUT2D eigenvalue weighted by molar-refractivity contribution is 0.116. The number of aliphatic hydroxyl groups is 1. The number of β-amino-alcohol motifs (C(OH)–C–C–N with tert-alkyl or cyclic N) is 1. The van der Waals surface area contributed by atoms with Crippen LogP contribution >= 0.6 is 23.4 Å². The maximum atomic E-state index is 11.6. The van der Waals surface area contributed by atoms with Crippen molar-refractivity contribution in [1.82, 2.24) is 19.8 Å². The van der Waals surface area contributed by atoms with Gasteiger partial charge in [0.1, 0.15) is 0 Å². The van der Waals surface area contributed by atoms with Crippen molar-refractivity contribution in [2.75, 3.05) is 64.4 Å². The number of nitrogens with one attached hydrogen (secondary N) is 1. The fraction of sp³-hybridized carbons (Fsp3) is 0.600. The maximum absolute atomic E-state index is 11.6. The van der Waals surface area contributed by atoms with E-state index in [-0.39, 0.29) is 12.7 Å². The minimum Gasteiger partial charge on any atom is -0.453 e. The van der Waals surface area contributed by atoms with Crippen molar-refractivity contribution >= 4 is 46.2 Å². The number of fused-ring (bicyclic) bond motifs is 1. The number of anilines is 1. The normalized spacial score (nSPS) is 18.9. The van der Waals surface area contributed by atoms with Crippen LogP contribution < -0.4 is 4.90 Å². The number of ether oxygens (including phenoxy) is 1. The van der Waals surface area contributed by atoms with Crippen LogP contribution in [0.4, 0.5) is 10.5 Å². The van der Waals surface area contributed by atoms with E-state index in [2.05, 4.69) is 20.9 Å². The number of carbonyl (C=O) groups is 1. The molecule has 2 aliphatic heterocycles. The molecule has 0 atom stereocenters. The summed E-state index contributed by atoms with van der Waals surface area (Å²) in [6.45, 7) is 5.95. The van der Waals surface area contributed by atoms with Crippen LogP contribution in [0.15, 0.2) is 17.3 Å². The highest BCUT2D eigenvalue weighted by Gasteiger charge is 2.25. The molecule has 8 nitrogen and oxygen atoms in total. The van der Waals surface area contributed by atoms with Crippen LogP contribution in [0.2, 0.25) is 5.02 Å². The minimum absolute atomic E-state index is 0.197. The number of hydrogen-bond acceptors (Lipinski definition) is 7. The Morgan fingerprint density at radius 1 is 1.27 bits per heavy atom. The standard InChI is InChI=1S/C20H28ClN5O3S/c1-29-20(28)26-4-2-14(3-5-26)30-19-22-16-12-15(21)18(13-17(16)23-19)25-8-6-24(7-9-25)10-11-27/h12-14,27H,2-11H2,1H3,(H,22,23). The summed E-state index contributed by atoms with van der Waals surface area (Å²) in [6, 6.07) is 4.03. The van der Waals surface area contributed by atoms with Gasteiger partial charge in [-0.2, -0.15) is 0 Å². The Labute approximate surface area is 185 Å². The van der Waals surface area contributed by atoms with Gasteiger partial charge in [0.05, 0.1) is 35.5 Å². The summed E-state index contributed by atoms with van der Waals surface area (Å²) in [6.07, 6.45) is 1.59. The average Bonchev–Trinajstić information content (AvgIpc) is 3.15. The number of imidazole rings is 1. The number of rotatable bonds is 5. The average molecular weight is 454 g/mol. The number of methoxy groups -OCH3 is 1. The lowest BCUT2D eigenvalue weighted by Crippen LogP contribution is -2.47. The molecule has 4 rings (SSSR count). The number of hydrogen-bond donors (Lipinski definition) is 2. The molecule has 1 aromatic carbocycles. The highest BCUT2D eigenvalue weighted by molar-refractivity contribution is 7.99. The predicted octanol–water partition coefficient (Wildman–Crippen LogP) is 2.65. The second-order valence-electron chi connectivity index (χ2n) is 7.69. The summed E-state index contributed by atoms with van der Waals surface area (Å²) in [5.41, 5.74) is 2.88. The minimum atomic E-state index is -0.249. The summed E-state index contributed by atoms with van der Waals surface area (Å²) in [7, 11) is 1.42.